The van der Waals surface area contributed by atoms with Crippen LogP contribution in [0.5, 0.6) is 0 Å². The highest BCUT2D eigenvalue weighted by atomic mass is 127. The molecule has 0 unspecified atom stereocenters. The molecular formula is C9H11IN2. The lowest BCUT2D eigenvalue weighted by Gasteiger charge is -2.25. The fourth-order valence-electron chi connectivity index (χ4n) is 1.61. The number of aryl methyl sites for hydroxylation is 1. The highest BCUT2D eigenvalue weighted by Gasteiger charge is 2.14. The van der Waals surface area contributed by atoms with E-state index in [1.54, 1.807) is 0 Å². The van der Waals surface area contributed by atoms with Crippen LogP contribution in [0.4, 0.5) is 5.82 Å². The number of rotatable bonds is 0. The van der Waals surface area contributed by atoms with Crippen LogP contribution in [0.15, 0.2) is 12.3 Å². The minimum absolute atomic E-state index is 1.14. The lowest BCUT2D eigenvalue weighted by atomic mass is 10.1. The zero-order valence-corrected chi connectivity index (χ0v) is 9.21. The van der Waals surface area contributed by atoms with E-state index in [2.05, 4.69) is 45.6 Å². The van der Waals surface area contributed by atoms with Crippen molar-refractivity contribution in [2.45, 2.75) is 12.8 Å². The maximum Gasteiger partial charge on any atom is 0.131 e. The Balaban J connectivity index is 2.46. The molecule has 0 atom stereocenters. The molecule has 1 aromatic heterocycles. The lowest BCUT2D eigenvalue weighted by molar-refractivity contribution is 0.729. The number of hydrogen-bond donors (Lipinski definition) is 0. The third-order valence-corrected chi connectivity index (χ3v) is 2.80. The highest BCUT2D eigenvalue weighted by Crippen LogP contribution is 2.24. The normalized spacial score (nSPS) is 16.0. The molecule has 0 aliphatic carbocycles. The van der Waals surface area contributed by atoms with Crippen molar-refractivity contribution in [2.75, 3.05) is 18.5 Å². The average molecular weight is 274 g/mol. The highest BCUT2D eigenvalue weighted by molar-refractivity contribution is 14.1. The number of pyridine rings is 1. The van der Waals surface area contributed by atoms with E-state index in [4.69, 9.17) is 0 Å². The second kappa shape index (κ2) is 3.20. The number of anilines is 1. The van der Waals surface area contributed by atoms with Gasteiger partial charge < -0.3 is 4.90 Å². The minimum Gasteiger partial charge on any atom is -0.359 e. The molecule has 1 aromatic rings. The third-order valence-electron chi connectivity index (χ3n) is 2.21. The van der Waals surface area contributed by atoms with Gasteiger partial charge >= 0.3 is 0 Å². The molecule has 0 saturated carbocycles. The number of nitrogens with zero attached hydrogens (tertiary/aromatic N) is 2. The summed E-state index contributed by atoms with van der Waals surface area (Å²) in [5, 5.41) is 0. The van der Waals surface area contributed by atoms with E-state index in [1.807, 2.05) is 6.20 Å². The van der Waals surface area contributed by atoms with E-state index < -0.39 is 0 Å². The summed E-state index contributed by atoms with van der Waals surface area (Å²) in [7, 11) is 2.11. The van der Waals surface area contributed by atoms with Gasteiger partial charge in [-0.1, -0.05) is 0 Å². The largest absolute Gasteiger partial charge is 0.359 e. The van der Waals surface area contributed by atoms with E-state index in [9.17, 15) is 0 Å². The van der Waals surface area contributed by atoms with Gasteiger partial charge in [0.1, 0.15) is 5.82 Å². The van der Waals surface area contributed by atoms with Gasteiger partial charge in [-0.2, -0.15) is 0 Å². The van der Waals surface area contributed by atoms with E-state index in [0.717, 1.165) is 6.54 Å². The molecule has 1 aliphatic heterocycles. The predicted octanol–water partition coefficient (Wildman–Crippen LogP) is 2.07. The zero-order chi connectivity index (χ0) is 8.55. The lowest BCUT2D eigenvalue weighted by Crippen LogP contribution is -2.25. The Kier molecular flexibility index (Phi) is 2.21. The van der Waals surface area contributed by atoms with Crippen LogP contribution in [-0.2, 0) is 6.42 Å². The monoisotopic (exact) mass is 274 g/mol. The van der Waals surface area contributed by atoms with Crippen LogP contribution in [0.25, 0.3) is 0 Å². The van der Waals surface area contributed by atoms with Gasteiger partial charge in [0.25, 0.3) is 0 Å². The van der Waals surface area contributed by atoms with Crippen LogP contribution >= 0.6 is 22.6 Å². The van der Waals surface area contributed by atoms with Gasteiger partial charge in [0.15, 0.2) is 0 Å². The molecular weight excluding hydrogens is 263 g/mol. The first-order valence-electron chi connectivity index (χ1n) is 4.13. The number of fused-ring (bicyclic) bond motifs is 1. The molecule has 2 nitrogen and oxygen atoms in total. The van der Waals surface area contributed by atoms with E-state index in [1.165, 1.54) is 27.8 Å². The maximum absolute atomic E-state index is 4.42. The zero-order valence-electron chi connectivity index (χ0n) is 7.05. The van der Waals surface area contributed by atoms with Gasteiger partial charge in [-0.25, -0.2) is 4.98 Å². The first-order chi connectivity index (χ1) is 5.77. The molecule has 2 heterocycles. The average Bonchev–Trinajstić information content (AvgIpc) is 2.04. The Morgan fingerprint density at radius 2 is 2.42 bits per heavy atom. The van der Waals surface area contributed by atoms with E-state index in [0.29, 0.717) is 0 Å². The van der Waals surface area contributed by atoms with Crippen molar-refractivity contribution in [2.24, 2.45) is 0 Å². The molecule has 0 spiro atoms. The summed E-state index contributed by atoms with van der Waals surface area (Å²) >= 11 is 2.31. The Morgan fingerprint density at radius 3 is 3.25 bits per heavy atom. The Bertz CT molecular complexity index is 299. The molecule has 2 rings (SSSR count). The molecule has 12 heavy (non-hydrogen) atoms. The van der Waals surface area contributed by atoms with Gasteiger partial charge in [0.2, 0.25) is 0 Å². The molecule has 0 radical (unpaired) electrons. The fraction of sp³-hybridized carbons (Fsp3) is 0.444. The second-order valence-electron chi connectivity index (χ2n) is 3.16. The van der Waals surface area contributed by atoms with Crippen molar-refractivity contribution in [1.82, 2.24) is 4.98 Å². The van der Waals surface area contributed by atoms with Gasteiger partial charge in [-0.3, -0.25) is 0 Å². The molecule has 0 saturated heterocycles. The van der Waals surface area contributed by atoms with Crippen molar-refractivity contribution < 1.29 is 0 Å². The van der Waals surface area contributed by atoms with Crippen molar-refractivity contribution in [1.29, 1.82) is 0 Å². The van der Waals surface area contributed by atoms with Crippen molar-refractivity contribution in [3.8, 4) is 0 Å². The second-order valence-corrected chi connectivity index (χ2v) is 4.41. The van der Waals surface area contributed by atoms with Gasteiger partial charge in [-0.15, -0.1) is 0 Å². The topological polar surface area (TPSA) is 16.1 Å². The van der Waals surface area contributed by atoms with Crippen LogP contribution < -0.4 is 4.90 Å². The summed E-state index contributed by atoms with van der Waals surface area (Å²) in [6, 6.07) is 2.23. The van der Waals surface area contributed by atoms with Gasteiger partial charge in [0, 0.05) is 23.4 Å². The van der Waals surface area contributed by atoms with E-state index in [-0.39, 0.29) is 0 Å². The van der Waals surface area contributed by atoms with Crippen molar-refractivity contribution in [3.05, 3.63) is 21.4 Å². The standard InChI is InChI=1S/C9H11IN2/c1-12-4-2-3-7-5-8(10)6-11-9(7)12/h5-6H,2-4H2,1H3. The van der Waals surface area contributed by atoms with Crippen LogP contribution in [-0.4, -0.2) is 18.6 Å². The molecule has 64 valence electrons. The Hall–Kier alpha value is -0.320. The van der Waals surface area contributed by atoms with Crippen LogP contribution in [0.3, 0.4) is 0 Å². The summed E-state index contributed by atoms with van der Waals surface area (Å²) in [6.45, 7) is 1.14. The van der Waals surface area contributed by atoms with Gasteiger partial charge in [0.05, 0.1) is 0 Å². The molecule has 0 bridgehead atoms. The number of halogens is 1. The fourth-order valence-corrected chi connectivity index (χ4v) is 2.13. The molecule has 0 fully saturated rings. The van der Waals surface area contributed by atoms with Crippen molar-refractivity contribution in [3.63, 3.8) is 0 Å². The first kappa shape index (κ1) is 8.29. The third kappa shape index (κ3) is 1.42. The molecule has 0 amide bonds. The summed E-state index contributed by atoms with van der Waals surface area (Å²) < 4.78 is 1.24. The van der Waals surface area contributed by atoms with Crippen LogP contribution in [0.1, 0.15) is 12.0 Å². The van der Waals surface area contributed by atoms with Crippen LogP contribution in [0.2, 0.25) is 0 Å². The quantitative estimate of drug-likeness (QED) is 0.673. The number of hydrogen-bond acceptors (Lipinski definition) is 2. The Labute approximate surface area is 86.1 Å². The molecule has 1 aliphatic rings. The summed E-state index contributed by atoms with van der Waals surface area (Å²) in [5.41, 5.74) is 1.40. The van der Waals surface area contributed by atoms with Crippen molar-refractivity contribution >= 4 is 28.4 Å². The van der Waals surface area contributed by atoms with Crippen LogP contribution in [0, 0.1) is 3.57 Å². The van der Waals surface area contributed by atoms with E-state index >= 15 is 0 Å². The smallest absolute Gasteiger partial charge is 0.131 e. The maximum atomic E-state index is 4.42. The SMILES string of the molecule is CN1CCCc2cc(I)cnc21. The summed E-state index contributed by atoms with van der Waals surface area (Å²) in [6.07, 6.45) is 4.37. The Morgan fingerprint density at radius 1 is 1.58 bits per heavy atom. The summed E-state index contributed by atoms with van der Waals surface area (Å²) in [5.74, 6) is 1.17. The predicted molar refractivity (Wildman–Crippen MR) is 58.5 cm³/mol. The van der Waals surface area contributed by atoms with Gasteiger partial charge in [-0.05, 0) is 47.1 Å². The number of aromatic nitrogens is 1. The minimum atomic E-state index is 1.14. The molecule has 0 aromatic carbocycles. The molecule has 3 heteroatoms. The summed E-state index contributed by atoms with van der Waals surface area (Å²) in [4.78, 5) is 6.65. The molecule has 0 N–H and O–H groups in total. The first-order valence-corrected chi connectivity index (χ1v) is 5.21.